The molecule has 2 amide bonds. The lowest BCUT2D eigenvalue weighted by molar-refractivity contribution is -0.153. The van der Waals surface area contributed by atoms with Crippen molar-refractivity contribution >= 4 is 17.8 Å². The van der Waals surface area contributed by atoms with E-state index in [0.717, 1.165) is 0 Å². The van der Waals surface area contributed by atoms with Crippen LogP contribution in [0.15, 0.2) is 6.33 Å². The number of esters is 1. The van der Waals surface area contributed by atoms with Crippen molar-refractivity contribution in [2.75, 3.05) is 13.1 Å². The van der Waals surface area contributed by atoms with Crippen molar-refractivity contribution in [3.05, 3.63) is 17.7 Å². The molecule has 0 aromatic carbocycles. The molecule has 0 aliphatic carbocycles. The van der Waals surface area contributed by atoms with E-state index in [1.54, 1.807) is 25.3 Å². The number of imidazole rings is 1. The number of hydrogen-bond acceptors (Lipinski definition) is 5. The largest absolute Gasteiger partial charge is 0.459 e. The van der Waals surface area contributed by atoms with Crippen molar-refractivity contribution in [2.45, 2.75) is 39.3 Å². The van der Waals surface area contributed by atoms with E-state index in [0.29, 0.717) is 6.54 Å². The van der Waals surface area contributed by atoms with Crippen LogP contribution in [0.2, 0.25) is 0 Å². The minimum atomic E-state index is -0.620. The maximum absolute atomic E-state index is 12.1. The number of carbonyl (C=O) groups is 3. The number of nitrogens with zero attached hydrogens (tertiary/aromatic N) is 2. The van der Waals surface area contributed by atoms with Gasteiger partial charge in [0, 0.05) is 12.6 Å². The molecule has 0 saturated heterocycles. The van der Waals surface area contributed by atoms with Gasteiger partial charge in [-0.15, -0.1) is 0 Å². The van der Waals surface area contributed by atoms with Crippen LogP contribution in [0.1, 0.15) is 54.7 Å². The Bertz CT molecular complexity index is 615. The predicted octanol–water partition coefficient (Wildman–Crippen LogP) is 0.259. The van der Waals surface area contributed by atoms with Crippen molar-refractivity contribution in [3.8, 4) is 0 Å². The zero-order valence-electron chi connectivity index (χ0n) is 13.1. The molecule has 8 heteroatoms. The number of hydrogen-bond donors (Lipinski definition) is 2. The summed E-state index contributed by atoms with van der Waals surface area (Å²) in [6.45, 7) is 7.34. The highest BCUT2D eigenvalue weighted by Crippen LogP contribution is 2.18. The van der Waals surface area contributed by atoms with Gasteiger partial charge in [-0.3, -0.25) is 14.4 Å². The number of nitrogens with one attached hydrogen (secondary N) is 2. The van der Waals surface area contributed by atoms with E-state index in [2.05, 4.69) is 15.6 Å². The minimum Gasteiger partial charge on any atom is -0.459 e. The summed E-state index contributed by atoms with van der Waals surface area (Å²) in [4.78, 5) is 39.6. The summed E-state index contributed by atoms with van der Waals surface area (Å²) in [7, 11) is 0. The van der Waals surface area contributed by atoms with Gasteiger partial charge in [0.15, 0.2) is 5.69 Å². The molecule has 8 nitrogen and oxygen atoms in total. The molecule has 0 saturated carbocycles. The average Bonchev–Trinajstić information content (AvgIpc) is 2.84. The van der Waals surface area contributed by atoms with Gasteiger partial charge in [0.1, 0.15) is 17.8 Å². The van der Waals surface area contributed by atoms with Crippen molar-refractivity contribution in [1.29, 1.82) is 0 Å². The molecule has 1 aliphatic heterocycles. The van der Waals surface area contributed by atoms with Gasteiger partial charge in [0.05, 0.1) is 6.33 Å². The topological polar surface area (TPSA) is 102 Å². The number of rotatable bonds is 3. The molecule has 2 heterocycles. The number of aromatic nitrogens is 2. The zero-order valence-corrected chi connectivity index (χ0v) is 13.1. The first-order chi connectivity index (χ1) is 10.2. The van der Waals surface area contributed by atoms with Crippen LogP contribution in [0.4, 0.5) is 0 Å². The van der Waals surface area contributed by atoms with Crippen LogP contribution in [0.5, 0.6) is 0 Å². The average molecular weight is 308 g/mol. The molecule has 1 aliphatic rings. The van der Waals surface area contributed by atoms with Gasteiger partial charge in [0.25, 0.3) is 11.8 Å². The Labute approximate surface area is 128 Å². The van der Waals surface area contributed by atoms with Gasteiger partial charge in [-0.2, -0.15) is 0 Å². The van der Waals surface area contributed by atoms with E-state index in [1.165, 1.54) is 6.33 Å². The number of amides is 2. The van der Waals surface area contributed by atoms with E-state index >= 15 is 0 Å². The first-order valence-corrected chi connectivity index (χ1v) is 7.04. The summed E-state index contributed by atoms with van der Waals surface area (Å²) < 4.78 is 6.75. The second kappa shape index (κ2) is 5.78. The molecule has 0 spiro atoms. The first kappa shape index (κ1) is 16.0. The molecule has 0 unspecified atom stereocenters. The van der Waals surface area contributed by atoms with Crippen molar-refractivity contribution in [2.24, 2.45) is 0 Å². The summed E-state index contributed by atoms with van der Waals surface area (Å²) in [5, 5.41) is 5.12. The molecule has 0 bridgehead atoms. The lowest BCUT2D eigenvalue weighted by Gasteiger charge is -2.22. The van der Waals surface area contributed by atoms with Crippen LogP contribution in [-0.4, -0.2) is 46.0 Å². The van der Waals surface area contributed by atoms with E-state index in [9.17, 15) is 14.4 Å². The molecule has 1 aromatic rings. The minimum absolute atomic E-state index is 0.00705. The van der Waals surface area contributed by atoms with E-state index in [-0.39, 0.29) is 29.9 Å². The van der Waals surface area contributed by atoms with Crippen LogP contribution >= 0.6 is 0 Å². The van der Waals surface area contributed by atoms with Crippen LogP contribution < -0.4 is 10.6 Å². The van der Waals surface area contributed by atoms with Crippen molar-refractivity contribution < 1.29 is 19.1 Å². The maximum Gasteiger partial charge on any atom is 0.325 e. The second-order valence-electron chi connectivity index (χ2n) is 6.18. The zero-order chi connectivity index (χ0) is 16.5. The van der Waals surface area contributed by atoms with Gasteiger partial charge in [0.2, 0.25) is 0 Å². The van der Waals surface area contributed by atoms with Crippen LogP contribution in [-0.2, 0) is 9.53 Å². The molecular formula is C14H20N4O4. The Morgan fingerprint density at radius 3 is 2.82 bits per heavy atom. The smallest absolute Gasteiger partial charge is 0.325 e. The standard InChI is InChI=1S/C14H20N4O4/c1-8-5-15-13(21)11-10(17-7-18(8)11)12(20)16-6-9(19)22-14(2,3)4/h7-8H,5-6H2,1-4H3,(H,15,21)(H,16,20)/t8-/m0/s1. The fourth-order valence-corrected chi connectivity index (χ4v) is 2.12. The Balaban J connectivity index is 2.06. The van der Waals surface area contributed by atoms with E-state index in [1.807, 2.05) is 6.92 Å². The molecule has 1 atom stereocenters. The Hall–Kier alpha value is -2.38. The van der Waals surface area contributed by atoms with Gasteiger partial charge in [-0.1, -0.05) is 0 Å². The third-order valence-electron chi connectivity index (χ3n) is 3.07. The lowest BCUT2D eigenvalue weighted by Crippen LogP contribution is -2.40. The van der Waals surface area contributed by atoms with E-state index in [4.69, 9.17) is 4.74 Å². The van der Waals surface area contributed by atoms with Gasteiger partial charge < -0.3 is 19.9 Å². The summed E-state index contributed by atoms with van der Waals surface area (Å²) in [5.74, 6) is -1.48. The third kappa shape index (κ3) is 3.44. The van der Waals surface area contributed by atoms with Gasteiger partial charge in [-0.25, -0.2) is 4.98 Å². The van der Waals surface area contributed by atoms with Crippen LogP contribution in [0.25, 0.3) is 0 Å². The number of ether oxygens (including phenoxy) is 1. The number of carbonyl (C=O) groups excluding carboxylic acids is 3. The lowest BCUT2D eigenvalue weighted by atomic mass is 10.2. The van der Waals surface area contributed by atoms with E-state index < -0.39 is 17.5 Å². The van der Waals surface area contributed by atoms with Crippen molar-refractivity contribution in [3.63, 3.8) is 0 Å². The summed E-state index contributed by atoms with van der Waals surface area (Å²) in [6.07, 6.45) is 1.46. The summed E-state index contributed by atoms with van der Waals surface area (Å²) >= 11 is 0. The monoisotopic (exact) mass is 308 g/mol. The SMILES string of the molecule is C[C@H]1CNC(=O)c2c(C(=O)NCC(=O)OC(C)(C)C)ncn21. The number of fused-ring (bicyclic) bond motifs is 1. The molecule has 1 aromatic heterocycles. The highest BCUT2D eigenvalue weighted by molar-refractivity contribution is 6.05. The van der Waals surface area contributed by atoms with Gasteiger partial charge >= 0.3 is 5.97 Å². The molecule has 2 rings (SSSR count). The van der Waals surface area contributed by atoms with Crippen molar-refractivity contribution in [1.82, 2.24) is 20.2 Å². The normalized spacial score (nSPS) is 17.5. The van der Waals surface area contributed by atoms with Gasteiger partial charge in [-0.05, 0) is 27.7 Å². The molecule has 120 valence electrons. The molecule has 0 fully saturated rings. The molecular weight excluding hydrogens is 288 g/mol. The Morgan fingerprint density at radius 2 is 2.18 bits per heavy atom. The molecule has 0 radical (unpaired) electrons. The molecule has 22 heavy (non-hydrogen) atoms. The Kier molecular flexibility index (Phi) is 4.20. The quantitative estimate of drug-likeness (QED) is 0.780. The third-order valence-corrected chi connectivity index (χ3v) is 3.07. The highest BCUT2D eigenvalue weighted by Gasteiger charge is 2.29. The molecule has 2 N–H and O–H groups in total. The fraction of sp³-hybridized carbons (Fsp3) is 0.571. The summed E-state index contributed by atoms with van der Waals surface area (Å²) in [6, 6.07) is 0.0209. The second-order valence-corrected chi connectivity index (χ2v) is 6.18. The fourth-order valence-electron chi connectivity index (χ4n) is 2.12. The summed E-state index contributed by atoms with van der Waals surface area (Å²) in [5.41, 5.74) is -0.405. The Morgan fingerprint density at radius 1 is 1.50 bits per heavy atom. The predicted molar refractivity (Wildman–Crippen MR) is 77.4 cm³/mol. The van der Waals surface area contributed by atoms with Crippen LogP contribution in [0, 0.1) is 0 Å². The van der Waals surface area contributed by atoms with Crippen LogP contribution in [0.3, 0.4) is 0 Å². The first-order valence-electron chi connectivity index (χ1n) is 7.04. The highest BCUT2D eigenvalue weighted by atomic mass is 16.6. The maximum atomic E-state index is 12.1.